The molecular weight excluding hydrogens is 236 g/mol. The van der Waals surface area contributed by atoms with E-state index in [-0.39, 0.29) is 0 Å². The van der Waals surface area contributed by atoms with Crippen LogP contribution in [0.1, 0.15) is 30.0 Å². The van der Waals surface area contributed by atoms with Crippen LogP contribution in [0, 0.1) is 0 Å². The van der Waals surface area contributed by atoms with Crippen LogP contribution in [0.4, 0.5) is 0 Å². The average molecular weight is 258 g/mol. The first-order valence-corrected chi connectivity index (χ1v) is 7.06. The van der Waals surface area contributed by atoms with Gasteiger partial charge >= 0.3 is 0 Å². The van der Waals surface area contributed by atoms with Crippen molar-refractivity contribution in [2.45, 2.75) is 25.3 Å². The Morgan fingerprint density at radius 1 is 1.42 bits per heavy atom. The fraction of sp³-hybridized carbons (Fsp3) is 0.533. The van der Waals surface area contributed by atoms with Crippen molar-refractivity contribution in [3.63, 3.8) is 0 Å². The van der Waals surface area contributed by atoms with Crippen LogP contribution >= 0.6 is 0 Å². The molecule has 0 aromatic carbocycles. The van der Waals surface area contributed by atoms with Crippen LogP contribution in [0.2, 0.25) is 0 Å². The van der Waals surface area contributed by atoms with Crippen molar-refractivity contribution in [2.75, 3.05) is 27.2 Å². The third-order valence-corrected chi connectivity index (χ3v) is 3.89. The molecule has 1 aliphatic heterocycles. The molecule has 3 heterocycles. The van der Waals surface area contributed by atoms with E-state index >= 15 is 0 Å². The van der Waals surface area contributed by atoms with Crippen LogP contribution in [0.5, 0.6) is 0 Å². The molecule has 0 spiro atoms. The van der Waals surface area contributed by atoms with E-state index in [4.69, 9.17) is 0 Å². The standard InChI is InChI=1S/C15H22N4/c1-19(2)10-13-12-6-4-8-17-15(12)18-14(13)11-5-3-7-16-9-11/h4,6,8,11,16H,3,5,7,9-10H2,1-2H3,(H,17,18)/t11-/m0/s1. The van der Waals surface area contributed by atoms with Crippen molar-refractivity contribution < 1.29 is 0 Å². The number of hydrogen-bond donors (Lipinski definition) is 2. The summed E-state index contributed by atoms with van der Waals surface area (Å²) in [6.45, 7) is 3.20. The molecule has 19 heavy (non-hydrogen) atoms. The minimum absolute atomic E-state index is 0.595. The minimum atomic E-state index is 0.595. The molecule has 3 rings (SSSR count). The van der Waals surface area contributed by atoms with Crippen LogP contribution < -0.4 is 5.32 Å². The molecule has 102 valence electrons. The van der Waals surface area contributed by atoms with Crippen molar-refractivity contribution in [1.29, 1.82) is 0 Å². The summed E-state index contributed by atoms with van der Waals surface area (Å²) >= 11 is 0. The van der Waals surface area contributed by atoms with Gasteiger partial charge in [0.15, 0.2) is 0 Å². The van der Waals surface area contributed by atoms with Crippen molar-refractivity contribution in [1.82, 2.24) is 20.2 Å². The Labute approximate surface area is 114 Å². The first kappa shape index (κ1) is 12.6. The fourth-order valence-electron chi connectivity index (χ4n) is 3.03. The highest BCUT2D eigenvalue weighted by Crippen LogP contribution is 2.31. The molecule has 0 saturated carbocycles. The highest BCUT2D eigenvalue weighted by molar-refractivity contribution is 5.81. The average Bonchev–Trinajstić information content (AvgIpc) is 2.78. The van der Waals surface area contributed by atoms with Crippen molar-refractivity contribution in [3.05, 3.63) is 29.6 Å². The van der Waals surface area contributed by atoms with Crippen molar-refractivity contribution in [2.24, 2.45) is 0 Å². The van der Waals surface area contributed by atoms with Gasteiger partial charge in [0.05, 0.1) is 0 Å². The minimum Gasteiger partial charge on any atom is -0.343 e. The SMILES string of the molecule is CN(C)Cc1c([C@H]2CCCNC2)[nH]c2ncccc12. The number of hydrogen-bond acceptors (Lipinski definition) is 3. The van der Waals surface area contributed by atoms with E-state index in [9.17, 15) is 0 Å². The Hall–Kier alpha value is -1.39. The lowest BCUT2D eigenvalue weighted by Gasteiger charge is -2.24. The monoisotopic (exact) mass is 258 g/mol. The molecule has 0 unspecified atom stereocenters. The Morgan fingerprint density at radius 3 is 3.05 bits per heavy atom. The number of rotatable bonds is 3. The molecule has 2 aromatic rings. The summed E-state index contributed by atoms with van der Waals surface area (Å²) in [5.74, 6) is 0.595. The molecule has 1 aliphatic rings. The van der Waals surface area contributed by atoms with Gasteiger partial charge in [0.1, 0.15) is 5.65 Å². The zero-order valence-corrected chi connectivity index (χ0v) is 11.7. The van der Waals surface area contributed by atoms with Crippen molar-refractivity contribution in [3.8, 4) is 0 Å². The Balaban J connectivity index is 2.05. The second-order valence-electron chi connectivity index (χ2n) is 5.70. The summed E-state index contributed by atoms with van der Waals surface area (Å²) in [5, 5.41) is 4.78. The number of fused-ring (bicyclic) bond motifs is 1. The zero-order chi connectivity index (χ0) is 13.2. The third-order valence-electron chi connectivity index (χ3n) is 3.89. The summed E-state index contributed by atoms with van der Waals surface area (Å²) in [5.41, 5.74) is 3.83. The van der Waals surface area contributed by atoms with E-state index < -0.39 is 0 Å². The number of nitrogens with zero attached hydrogens (tertiary/aromatic N) is 2. The predicted octanol–water partition coefficient (Wildman–Crippen LogP) is 2.09. The summed E-state index contributed by atoms with van der Waals surface area (Å²) in [4.78, 5) is 10.3. The van der Waals surface area contributed by atoms with E-state index in [0.717, 1.165) is 25.3 Å². The quantitative estimate of drug-likeness (QED) is 0.886. The Bertz CT molecular complexity index is 552. The molecule has 1 fully saturated rings. The highest BCUT2D eigenvalue weighted by atomic mass is 15.1. The Morgan fingerprint density at radius 2 is 2.32 bits per heavy atom. The second kappa shape index (κ2) is 5.31. The van der Waals surface area contributed by atoms with Crippen LogP contribution in [0.25, 0.3) is 11.0 Å². The summed E-state index contributed by atoms with van der Waals surface area (Å²) in [6, 6.07) is 4.20. The smallest absolute Gasteiger partial charge is 0.137 e. The molecule has 2 N–H and O–H groups in total. The zero-order valence-electron chi connectivity index (χ0n) is 11.7. The number of piperidine rings is 1. The number of pyridine rings is 1. The Kier molecular flexibility index (Phi) is 3.53. The number of nitrogens with one attached hydrogen (secondary N) is 2. The predicted molar refractivity (Wildman–Crippen MR) is 78.3 cm³/mol. The van der Waals surface area contributed by atoms with E-state index in [2.05, 4.69) is 40.3 Å². The lowest BCUT2D eigenvalue weighted by Crippen LogP contribution is -2.29. The van der Waals surface area contributed by atoms with Gasteiger partial charge in [0, 0.05) is 36.3 Å². The number of aromatic nitrogens is 2. The highest BCUT2D eigenvalue weighted by Gasteiger charge is 2.22. The first-order valence-electron chi connectivity index (χ1n) is 7.06. The van der Waals surface area contributed by atoms with Gasteiger partial charge in [-0.05, 0) is 51.2 Å². The lowest BCUT2D eigenvalue weighted by molar-refractivity contribution is 0.395. The summed E-state index contributed by atoms with van der Waals surface area (Å²) in [7, 11) is 4.25. The van der Waals surface area contributed by atoms with E-state index in [0.29, 0.717) is 5.92 Å². The van der Waals surface area contributed by atoms with Crippen LogP contribution in [-0.2, 0) is 6.54 Å². The van der Waals surface area contributed by atoms with Gasteiger partial charge < -0.3 is 15.2 Å². The van der Waals surface area contributed by atoms with E-state index in [1.165, 1.54) is 29.5 Å². The molecule has 2 aromatic heterocycles. The van der Waals surface area contributed by atoms with Gasteiger partial charge in [-0.1, -0.05) is 0 Å². The summed E-state index contributed by atoms with van der Waals surface area (Å²) in [6.07, 6.45) is 4.39. The molecular formula is C15H22N4. The maximum atomic E-state index is 4.47. The van der Waals surface area contributed by atoms with Crippen LogP contribution in [0.3, 0.4) is 0 Å². The molecule has 4 nitrogen and oxygen atoms in total. The maximum Gasteiger partial charge on any atom is 0.137 e. The molecule has 0 radical (unpaired) electrons. The van der Waals surface area contributed by atoms with Gasteiger partial charge in [-0.2, -0.15) is 0 Å². The third kappa shape index (κ3) is 2.51. The van der Waals surface area contributed by atoms with Crippen molar-refractivity contribution >= 4 is 11.0 Å². The molecule has 1 atom stereocenters. The van der Waals surface area contributed by atoms with E-state index in [1.807, 2.05) is 12.3 Å². The molecule has 0 aliphatic carbocycles. The van der Waals surface area contributed by atoms with E-state index in [1.54, 1.807) is 0 Å². The lowest BCUT2D eigenvalue weighted by atomic mass is 9.93. The summed E-state index contributed by atoms with van der Waals surface area (Å²) < 4.78 is 0. The van der Waals surface area contributed by atoms with Crippen LogP contribution in [0.15, 0.2) is 18.3 Å². The maximum absolute atomic E-state index is 4.47. The van der Waals surface area contributed by atoms with Gasteiger partial charge in [-0.15, -0.1) is 0 Å². The molecule has 4 heteroatoms. The van der Waals surface area contributed by atoms with Gasteiger partial charge in [0.2, 0.25) is 0 Å². The molecule has 0 bridgehead atoms. The largest absolute Gasteiger partial charge is 0.343 e. The number of H-pyrrole nitrogens is 1. The fourth-order valence-corrected chi connectivity index (χ4v) is 3.03. The molecule has 0 amide bonds. The van der Waals surface area contributed by atoms with Gasteiger partial charge in [-0.25, -0.2) is 4.98 Å². The van der Waals surface area contributed by atoms with Crippen LogP contribution in [-0.4, -0.2) is 42.1 Å². The second-order valence-corrected chi connectivity index (χ2v) is 5.70. The van der Waals surface area contributed by atoms with Gasteiger partial charge in [-0.3, -0.25) is 0 Å². The topological polar surface area (TPSA) is 44.0 Å². The normalized spacial score (nSPS) is 20.3. The van der Waals surface area contributed by atoms with Gasteiger partial charge in [0.25, 0.3) is 0 Å². The number of aromatic amines is 1. The first-order chi connectivity index (χ1) is 9.25. The molecule has 1 saturated heterocycles.